The Balaban J connectivity index is 0.000000194. The first kappa shape index (κ1) is 30.2. The first-order valence-electron chi connectivity index (χ1n) is 14.0. The van der Waals surface area contributed by atoms with Gasteiger partial charge in [0.1, 0.15) is 0 Å². The summed E-state index contributed by atoms with van der Waals surface area (Å²) in [5.74, 6) is 0.316. The van der Waals surface area contributed by atoms with Gasteiger partial charge in [0.25, 0.3) is 11.8 Å². The number of carbonyl (C=O) groups excluding carboxylic acids is 2. The lowest BCUT2D eigenvalue weighted by atomic mass is 10.1. The van der Waals surface area contributed by atoms with Crippen molar-refractivity contribution in [3.05, 3.63) is 35.4 Å². The molecule has 5 rings (SSSR count). The average molecular weight is 533 g/mol. The maximum absolute atomic E-state index is 12.2. The lowest BCUT2D eigenvalue weighted by molar-refractivity contribution is 0.0648. The Morgan fingerprint density at radius 2 is 1.33 bits per heavy atom. The summed E-state index contributed by atoms with van der Waals surface area (Å²) >= 11 is 0. The van der Waals surface area contributed by atoms with Crippen LogP contribution in [0.1, 0.15) is 52.8 Å². The molecule has 3 atom stereocenters. The van der Waals surface area contributed by atoms with Gasteiger partial charge in [-0.3, -0.25) is 14.5 Å². The van der Waals surface area contributed by atoms with Gasteiger partial charge < -0.3 is 20.9 Å². The minimum Gasteiger partial charge on any atom is -0.330 e. The van der Waals surface area contributed by atoms with Crippen molar-refractivity contribution in [2.24, 2.45) is 23.5 Å². The summed E-state index contributed by atoms with van der Waals surface area (Å²) in [6, 6.07) is 13.7. The second kappa shape index (κ2) is 15.9. The number of imide groups is 1. The Bertz CT molecular complexity index is 1050. The van der Waals surface area contributed by atoms with Crippen LogP contribution in [-0.4, -0.2) is 92.0 Å². The van der Waals surface area contributed by atoms with Crippen molar-refractivity contribution >= 4 is 11.8 Å². The first-order chi connectivity index (χ1) is 19.0. The number of likely N-dealkylation sites (tertiary alicyclic amines) is 2. The van der Waals surface area contributed by atoms with Crippen molar-refractivity contribution in [3.8, 4) is 18.2 Å². The van der Waals surface area contributed by atoms with Crippen molar-refractivity contribution < 1.29 is 9.59 Å². The zero-order chi connectivity index (χ0) is 28.0. The molecule has 0 aromatic heterocycles. The molecule has 10 heteroatoms. The van der Waals surface area contributed by atoms with Crippen molar-refractivity contribution in [3.63, 3.8) is 0 Å². The number of hydrogen-bond donors (Lipinski definition) is 2. The van der Waals surface area contributed by atoms with Gasteiger partial charge in [0, 0.05) is 26.2 Å². The van der Waals surface area contributed by atoms with Gasteiger partial charge in [-0.2, -0.15) is 15.8 Å². The van der Waals surface area contributed by atoms with Crippen LogP contribution in [0.2, 0.25) is 0 Å². The van der Waals surface area contributed by atoms with E-state index in [0.717, 1.165) is 91.0 Å². The van der Waals surface area contributed by atoms with E-state index in [1.54, 1.807) is 24.3 Å². The van der Waals surface area contributed by atoms with Crippen LogP contribution in [0.4, 0.5) is 0 Å². The SMILES string of the molecule is N#CC1CCN(CCCN)C1.N#CC1CCN(CCCN2C(=O)c3ccccc3C2=O)C1.N#CC1CCNC1. The molecule has 4 aliphatic rings. The van der Waals surface area contributed by atoms with Gasteiger partial charge in [-0.15, -0.1) is 0 Å². The van der Waals surface area contributed by atoms with E-state index in [9.17, 15) is 9.59 Å². The molecule has 10 nitrogen and oxygen atoms in total. The number of nitrogens with two attached hydrogens (primary N) is 1. The Morgan fingerprint density at radius 3 is 1.74 bits per heavy atom. The standard InChI is InChI=1S/C16H17N3O2.C8H15N3.C5H8N2/c17-10-12-6-9-18(11-12)7-3-8-19-15(20)13-4-1-2-5-14(13)16(19)21;9-3-1-4-11-5-2-8(6-10)7-11;6-3-5-1-2-7-4-5/h1-2,4-5,12H,3,6-9,11H2;8H,1-5,7,9H2;5,7H,1-2,4H2. The number of rotatable bonds is 7. The third-order valence-corrected chi connectivity index (χ3v) is 7.57. The van der Waals surface area contributed by atoms with Crippen LogP contribution in [-0.2, 0) is 0 Å². The molecule has 3 saturated heterocycles. The molecule has 0 spiro atoms. The van der Waals surface area contributed by atoms with Gasteiger partial charge in [-0.25, -0.2) is 0 Å². The third kappa shape index (κ3) is 8.85. The Hall–Kier alpha value is -3.33. The van der Waals surface area contributed by atoms with Crippen LogP contribution < -0.4 is 11.1 Å². The van der Waals surface area contributed by atoms with Crippen LogP contribution in [0.5, 0.6) is 0 Å². The average Bonchev–Trinajstić information content (AvgIpc) is 3.78. The molecule has 4 aliphatic heterocycles. The zero-order valence-electron chi connectivity index (χ0n) is 22.7. The largest absolute Gasteiger partial charge is 0.330 e. The molecular formula is C29H40N8O2. The highest BCUT2D eigenvalue weighted by atomic mass is 16.2. The molecule has 3 unspecified atom stereocenters. The molecule has 39 heavy (non-hydrogen) atoms. The topological polar surface area (TPSA) is 153 Å². The number of benzene rings is 1. The molecule has 3 fully saturated rings. The number of amides is 2. The van der Waals surface area contributed by atoms with Crippen LogP contribution in [0.15, 0.2) is 24.3 Å². The van der Waals surface area contributed by atoms with Gasteiger partial charge in [-0.05, 0) is 83.5 Å². The van der Waals surface area contributed by atoms with Crippen LogP contribution in [0.25, 0.3) is 0 Å². The monoisotopic (exact) mass is 532 g/mol. The van der Waals surface area contributed by atoms with E-state index in [-0.39, 0.29) is 23.7 Å². The maximum atomic E-state index is 12.2. The van der Waals surface area contributed by atoms with Gasteiger partial charge in [0.15, 0.2) is 0 Å². The van der Waals surface area contributed by atoms with E-state index in [1.165, 1.54) is 4.90 Å². The molecular weight excluding hydrogens is 492 g/mol. The Kier molecular flexibility index (Phi) is 12.3. The number of hydrogen-bond acceptors (Lipinski definition) is 9. The molecule has 208 valence electrons. The lowest BCUT2D eigenvalue weighted by Crippen LogP contribution is -2.33. The summed E-state index contributed by atoms with van der Waals surface area (Å²) in [6.45, 7) is 8.79. The van der Waals surface area contributed by atoms with E-state index in [1.807, 2.05) is 0 Å². The molecule has 3 N–H and O–H groups in total. The molecule has 1 aromatic carbocycles. The second-order valence-corrected chi connectivity index (χ2v) is 10.5. The molecule has 1 aromatic rings. The Labute approximate surface area is 231 Å². The smallest absolute Gasteiger partial charge is 0.261 e. The fourth-order valence-corrected chi connectivity index (χ4v) is 5.26. The summed E-state index contributed by atoms with van der Waals surface area (Å²) in [7, 11) is 0. The van der Waals surface area contributed by atoms with E-state index >= 15 is 0 Å². The minimum atomic E-state index is -0.188. The number of nitriles is 3. The number of carbonyl (C=O) groups is 2. The van der Waals surface area contributed by atoms with Crippen molar-refractivity contribution in [1.29, 1.82) is 15.8 Å². The first-order valence-corrected chi connectivity index (χ1v) is 14.0. The summed E-state index contributed by atoms with van der Waals surface area (Å²) < 4.78 is 0. The summed E-state index contributed by atoms with van der Waals surface area (Å²) in [4.78, 5) is 30.2. The minimum absolute atomic E-state index is 0.129. The highest BCUT2D eigenvalue weighted by Gasteiger charge is 2.34. The summed E-state index contributed by atoms with van der Waals surface area (Å²) in [5, 5.41) is 28.9. The molecule has 0 radical (unpaired) electrons. The Morgan fingerprint density at radius 1 is 0.795 bits per heavy atom. The summed E-state index contributed by atoms with van der Waals surface area (Å²) in [5.41, 5.74) is 6.40. The maximum Gasteiger partial charge on any atom is 0.261 e. The van der Waals surface area contributed by atoms with E-state index in [0.29, 0.717) is 23.6 Å². The van der Waals surface area contributed by atoms with Crippen molar-refractivity contribution in [1.82, 2.24) is 20.0 Å². The second-order valence-electron chi connectivity index (χ2n) is 10.5. The predicted molar refractivity (Wildman–Crippen MR) is 147 cm³/mol. The molecule has 0 saturated carbocycles. The molecule has 0 aliphatic carbocycles. The van der Waals surface area contributed by atoms with E-state index in [4.69, 9.17) is 21.5 Å². The fraction of sp³-hybridized carbons (Fsp3) is 0.621. The van der Waals surface area contributed by atoms with Gasteiger partial charge in [0.2, 0.25) is 0 Å². The predicted octanol–water partition coefficient (Wildman–Crippen LogP) is 1.82. The quantitative estimate of drug-likeness (QED) is 0.501. The number of fused-ring (bicyclic) bond motifs is 1. The normalized spacial score (nSPS) is 24.2. The highest BCUT2D eigenvalue weighted by molar-refractivity contribution is 6.21. The number of nitrogens with one attached hydrogen (secondary N) is 1. The third-order valence-electron chi connectivity index (χ3n) is 7.57. The number of nitrogens with zero attached hydrogens (tertiary/aromatic N) is 6. The van der Waals surface area contributed by atoms with Crippen LogP contribution in [0.3, 0.4) is 0 Å². The van der Waals surface area contributed by atoms with Crippen LogP contribution >= 0.6 is 0 Å². The van der Waals surface area contributed by atoms with Gasteiger partial charge >= 0.3 is 0 Å². The van der Waals surface area contributed by atoms with Gasteiger partial charge in [-0.1, -0.05) is 12.1 Å². The fourth-order valence-electron chi connectivity index (χ4n) is 5.26. The van der Waals surface area contributed by atoms with E-state index < -0.39 is 0 Å². The lowest BCUT2D eigenvalue weighted by Gasteiger charge is -2.18. The van der Waals surface area contributed by atoms with Crippen LogP contribution in [0, 0.1) is 51.7 Å². The molecule has 0 bridgehead atoms. The summed E-state index contributed by atoms with van der Waals surface area (Å²) in [6.07, 6.45) is 4.81. The highest BCUT2D eigenvalue weighted by Crippen LogP contribution is 2.23. The van der Waals surface area contributed by atoms with E-state index in [2.05, 4.69) is 33.3 Å². The molecule has 4 heterocycles. The van der Waals surface area contributed by atoms with Crippen molar-refractivity contribution in [2.45, 2.75) is 32.1 Å². The molecule has 2 amide bonds. The van der Waals surface area contributed by atoms with Gasteiger partial charge in [0.05, 0.1) is 47.1 Å². The van der Waals surface area contributed by atoms with Crippen molar-refractivity contribution in [2.75, 3.05) is 65.4 Å². The zero-order valence-corrected chi connectivity index (χ0v) is 22.7.